The van der Waals surface area contributed by atoms with Crippen LogP contribution in [0.5, 0.6) is 0 Å². The van der Waals surface area contributed by atoms with Crippen LogP contribution in [-0.2, 0) is 0 Å². The summed E-state index contributed by atoms with van der Waals surface area (Å²) < 4.78 is 0. The zero-order chi connectivity index (χ0) is 13.1. The summed E-state index contributed by atoms with van der Waals surface area (Å²) >= 11 is 4.92. The molecule has 3 unspecified atom stereocenters. The normalized spacial score (nSPS) is 27.8. The molecule has 98 valence electrons. The Hall–Kier alpha value is -1.16. The number of thiocarbonyl (C=S) groups is 1. The SMILES string of the molecule is CC1CCC(Nc2ccc(C(N)=S)cn2)C(C)C1. The first-order valence-corrected chi connectivity index (χ1v) is 6.99. The number of hydrogen-bond acceptors (Lipinski definition) is 3. The van der Waals surface area contributed by atoms with Gasteiger partial charge in [0.05, 0.1) is 0 Å². The Balaban J connectivity index is 1.99. The number of rotatable bonds is 3. The standard InChI is InChI=1S/C14H21N3S/c1-9-3-5-12(10(2)7-9)17-13-6-4-11(8-16-13)14(15)18/h4,6,8-10,12H,3,5,7H2,1-2H3,(H2,15,18)(H,16,17). The molecule has 0 radical (unpaired) electrons. The lowest BCUT2D eigenvalue weighted by Gasteiger charge is -2.33. The molecule has 0 bridgehead atoms. The molecule has 4 heteroatoms. The van der Waals surface area contributed by atoms with Crippen LogP contribution in [0.15, 0.2) is 18.3 Å². The molecule has 2 rings (SSSR count). The Kier molecular flexibility index (Phi) is 4.17. The molecular weight excluding hydrogens is 242 g/mol. The van der Waals surface area contributed by atoms with E-state index in [4.69, 9.17) is 18.0 Å². The molecular formula is C14H21N3S. The van der Waals surface area contributed by atoms with E-state index in [2.05, 4.69) is 24.1 Å². The van der Waals surface area contributed by atoms with E-state index in [9.17, 15) is 0 Å². The summed E-state index contributed by atoms with van der Waals surface area (Å²) in [6, 6.07) is 4.41. The third kappa shape index (κ3) is 3.19. The molecule has 0 aliphatic heterocycles. The molecule has 3 atom stereocenters. The van der Waals surface area contributed by atoms with Gasteiger partial charge < -0.3 is 11.1 Å². The Morgan fingerprint density at radius 3 is 2.72 bits per heavy atom. The number of aromatic nitrogens is 1. The predicted molar refractivity (Wildman–Crippen MR) is 79.7 cm³/mol. The maximum Gasteiger partial charge on any atom is 0.126 e. The van der Waals surface area contributed by atoms with Crippen LogP contribution in [0.4, 0.5) is 5.82 Å². The monoisotopic (exact) mass is 263 g/mol. The van der Waals surface area contributed by atoms with Gasteiger partial charge in [0.15, 0.2) is 0 Å². The summed E-state index contributed by atoms with van der Waals surface area (Å²) in [7, 11) is 0. The van der Waals surface area contributed by atoms with Gasteiger partial charge in [0.1, 0.15) is 10.8 Å². The fraction of sp³-hybridized carbons (Fsp3) is 0.571. The quantitative estimate of drug-likeness (QED) is 0.823. The van der Waals surface area contributed by atoms with Gasteiger partial charge in [-0.25, -0.2) is 4.98 Å². The molecule has 1 aliphatic rings. The van der Waals surface area contributed by atoms with Crippen LogP contribution in [0.2, 0.25) is 0 Å². The van der Waals surface area contributed by atoms with Crippen molar-refractivity contribution in [2.75, 3.05) is 5.32 Å². The summed E-state index contributed by atoms with van der Waals surface area (Å²) in [6.07, 6.45) is 5.55. The number of pyridine rings is 1. The molecule has 1 saturated carbocycles. The second kappa shape index (κ2) is 5.65. The van der Waals surface area contributed by atoms with Crippen LogP contribution in [0.3, 0.4) is 0 Å². The number of anilines is 1. The highest BCUT2D eigenvalue weighted by atomic mass is 32.1. The molecule has 3 N–H and O–H groups in total. The number of nitrogens with zero attached hydrogens (tertiary/aromatic N) is 1. The molecule has 3 nitrogen and oxygen atoms in total. The Morgan fingerprint density at radius 2 is 2.17 bits per heavy atom. The molecule has 1 aliphatic carbocycles. The van der Waals surface area contributed by atoms with Crippen molar-refractivity contribution in [1.29, 1.82) is 0 Å². The van der Waals surface area contributed by atoms with Crippen LogP contribution in [0, 0.1) is 11.8 Å². The zero-order valence-electron chi connectivity index (χ0n) is 11.0. The summed E-state index contributed by atoms with van der Waals surface area (Å²) in [5.41, 5.74) is 6.38. The van der Waals surface area contributed by atoms with Crippen LogP contribution >= 0.6 is 12.2 Å². The number of nitrogens with two attached hydrogens (primary N) is 1. The maximum absolute atomic E-state index is 5.56. The van der Waals surface area contributed by atoms with E-state index in [-0.39, 0.29) is 0 Å². The molecule has 1 aromatic rings. The van der Waals surface area contributed by atoms with E-state index in [1.54, 1.807) is 6.20 Å². The highest BCUT2D eigenvalue weighted by Gasteiger charge is 2.25. The lowest BCUT2D eigenvalue weighted by molar-refractivity contribution is 0.276. The Labute approximate surface area is 114 Å². The Morgan fingerprint density at radius 1 is 1.39 bits per heavy atom. The third-order valence-corrected chi connectivity index (χ3v) is 4.05. The zero-order valence-corrected chi connectivity index (χ0v) is 11.8. The topological polar surface area (TPSA) is 50.9 Å². The second-order valence-corrected chi connectivity index (χ2v) is 5.88. The molecule has 1 heterocycles. The summed E-state index contributed by atoms with van der Waals surface area (Å²) in [4.78, 5) is 4.77. The van der Waals surface area contributed by atoms with E-state index in [0.717, 1.165) is 17.3 Å². The smallest absolute Gasteiger partial charge is 0.126 e. The second-order valence-electron chi connectivity index (χ2n) is 5.44. The van der Waals surface area contributed by atoms with E-state index in [1.165, 1.54) is 19.3 Å². The number of nitrogens with one attached hydrogen (secondary N) is 1. The largest absolute Gasteiger partial charge is 0.389 e. The van der Waals surface area contributed by atoms with Crippen molar-refractivity contribution < 1.29 is 0 Å². The lowest BCUT2D eigenvalue weighted by atomic mass is 9.80. The van der Waals surface area contributed by atoms with Gasteiger partial charge in [0.2, 0.25) is 0 Å². The average Bonchev–Trinajstić information content (AvgIpc) is 2.33. The summed E-state index contributed by atoms with van der Waals surface area (Å²) in [5.74, 6) is 2.47. The molecule has 1 fully saturated rings. The lowest BCUT2D eigenvalue weighted by Crippen LogP contribution is -2.33. The van der Waals surface area contributed by atoms with Gasteiger partial charge in [-0.15, -0.1) is 0 Å². The van der Waals surface area contributed by atoms with Gasteiger partial charge >= 0.3 is 0 Å². The summed E-state index contributed by atoms with van der Waals surface area (Å²) in [6.45, 7) is 4.65. The van der Waals surface area contributed by atoms with Gasteiger partial charge in [-0.05, 0) is 43.2 Å². The number of hydrogen-bond donors (Lipinski definition) is 2. The molecule has 1 aromatic heterocycles. The van der Waals surface area contributed by atoms with E-state index in [1.807, 2.05) is 12.1 Å². The van der Waals surface area contributed by atoms with Crippen LogP contribution in [0.1, 0.15) is 38.7 Å². The van der Waals surface area contributed by atoms with Crippen molar-refractivity contribution in [3.05, 3.63) is 23.9 Å². The van der Waals surface area contributed by atoms with E-state index in [0.29, 0.717) is 16.9 Å². The van der Waals surface area contributed by atoms with Crippen LogP contribution < -0.4 is 11.1 Å². The van der Waals surface area contributed by atoms with Gasteiger partial charge in [0, 0.05) is 17.8 Å². The molecule has 0 saturated heterocycles. The van der Waals surface area contributed by atoms with E-state index < -0.39 is 0 Å². The van der Waals surface area contributed by atoms with Crippen molar-refractivity contribution in [2.24, 2.45) is 17.6 Å². The van der Waals surface area contributed by atoms with Gasteiger partial charge in [-0.2, -0.15) is 0 Å². The van der Waals surface area contributed by atoms with Gasteiger partial charge in [-0.3, -0.25) is 0 Å². The summed E-state index contributed by atoms with van der Waals surface area (Å²) in [5, 5.41) is 3.52. The van der Waals surface area contributed by atoms with Crippen LogP contribution in [-0.4, -0.2) is 16.0 Å². The van der Waals surface area contributed by atoms with Gasteiger partial charge in [0.25, 0.3) is 0 Å². The first kappa shape index (κ1) is 13.3. The van der Waals surface area contributed by atoms with Crippen molar-refractivity contribution in [2.45, 2.75) is 39.2 Å². The third-order valence-electron chi connectivity index (χ3n) is 3.81. The van der Waals surface area contributed by atoms with Crippen molar-refractivity contribution in [3.63, 3.8) is 0 Å². The molecule has 0 aromatic carbocycles. The molecule has 0 spiro atoms. The fourth-order valence-corrected chi connectivity index (χ4v) is 2.82. The molecule has 18 heavy (non-hydrogen) atoms. The van der Waals surface area contributed by atoms with Gasteiger partial charge in [-0.1, -0.05) is 26.1 Å². The first-order chi connectivity index (χ1) is 8.56. The van der Waals surface area contributed by atoms with Crippen molar-refractivity contribution >= 4 is 23.0 Å². The van der Waals surface area contributed by atoms with Crippen molar-refractivity contribution in [1.82, 2.24) is 4.98 Å². The average molecular weight is 263 g/mol. The minimum Gasteiger partial charge on any atom is -0.389 e. The highest BCUT2D eigenvalue weighted by molar-refractivity contribution is 7.80. The maximum atomic E-state index is 5.56. The van der Waals surface area contributed by atoms with Crippen molar-refractivity contribution in [3.8, 4) is 0 Å². The van der Waals surface area contributed by atoms with Crippen LogP contribution in [0.25, 0.3) is 0 Å². The predicted octanol–water partition coefficient (Wildman–Crippen LogP) is 2.95. The minimum absolute atomic E-state index is 0.397. The highest BCUT2D eigenvalue weighted by Crippen LogP contribution is 2.30. The molecule has 0 amide bonds. The minimum atomic E-state index is 0.397. The fourth-order valence-electron chi connectivity index (χ4n) is 2.69. The Bertz CT molecular complexity index is 416. The van der Waals surface area contributed by atoms with E-state index >= 15 is 0 Å². The first-order valence-electron chi connectivity index (χ1n) is 6.58.